The highest BCUT2D eigenvalue weighted by molar-refractivity contribution is 5.84. The molecule has 0 spiro atoms. The van der Waals surface area contributed by atoms with Gasteiger partial charge in [0.05, 0.1) is 12.8 Å². The first kappa shape index (κ1) is 11.2. The second-order valence-electron chi connectivity index (χ2n) is 1.88. The van der Waals surface area contributed by atoms with E-state index in [0.717, 1.165) is 0 Å². The van der Waals surface area contributed by atoms with Crippen molar-refractivity contribution in [2.45, 2.75) is 0 Å². The summed E-state index contributed by atoms with van der Waals surface area (Å²) in [6.45, 7) is -0.278. The van der Waals surface area contributed by atoms with Crippen LogP contribution in [0.15, 0.2) is 22.8 Å². The van der Waals surface area contributed by atoms with Crippen LogP contribution in [0, 0.1) is 0 Å². The Morgan fingerprint density at radius 3 is 2.15 bits per heavy atom. The van der Waals surface area contributed by atoms with Crippen molar-refractivity contribution in [1.82, 2.24) is 0 Å². The molecule has 0 amide bonds. The van der Waals surface area contributed by atoms with Crippen molar-refractivity contribution in [3.63, 3.8) is 0 Å². The van der Waals surface area contributed by atoms with Crippen LogP contribution >= 0.6 is 0 Å². The molecule has 72 valence electrons. The Morgan fingerprint density at radius 2 is 2.00 bits per heavy atom. The number of hydrogen-bond donors (Lipinski definition) is 3. The molecule has 1 aromatic heterocycles. The van der Waals surface area contributed by atoms with Gasteiger partial charge in [0.25, 0.3) is 0 Å². The van der Waals surface area contributed by atoms with Crippen molar-refractivity contribution in [2.75, 3.05) is 6.54 Å². The number of rotatable bonds is 2. The van der Waals surface area contributed by atoms with Gasteiger partial charge in [0.2, 0.25) is 5.76 Å². The van der Waals surface area contributed by atoms with E-state index < -0.39 is 11.9 Å². The molecular weight excluding hydrogens is 178 g/mol. The third kappa shape index (κ3) is 5.45. The minimum absolute atomic E-state index is 0.0231. The molecule has 0 saturated heterocycles. The number of furan rings is 1. The van der Waals surface area contributed by atoms with Gasteiger partial charge in [0.1, 0.15) is 0 Å². The van der Waals surface area contributed by atoms with Gasteiger partial charge in [-0.1, -0.05) is 0 Å². The molecule has 4 N–H and O–H groups in total. The lowest BCUT2D eigenvalue weighted by molar-refractivity contribution is -0.135. The van der Waals surface area contributed by atoms with Crippen LogP contribution in [-0.4, -0.2) is 28.7 Å². The fourth-order valence-corrected chi connectivity index (χ4v) is 0.400. The van der Waals surface area contributed by atoms with Crippen LogP contribution in [0.1, 0.15) is 10.6 Å². The standard InChI is InChI=1S/C5H4O3.C2H5NO2/c6-5(7)4-2-1-3-8-4;3-1-2(4)5/h1-3H,(H,6,7);1,3H2,(H,4,5). The first-order valence-corrected chi connectivity index (χ1v) is 3.26. The maximum atomic E-state index is 9.97. The first-order chi connectivity index (χ1) is 6.07. The Morgan fingerprint density at radius 1 is 1.46 bits per heavy atom. The average Bonchev–Trinajstić information content (AvgIpc) is 2.57. The molecule has 0 aliphatic carbocycles. The van der Waals surface area contributed by atoms with E-state index in [1.54, 1.807) is 0 Å². The summed E-state index contributed by atoms with van der Waals surface area (Å²) < 4.78 is 4.50. The third-order valence-electron chi connectivity index (χ3n) is 0.907. The lowest BCUT2D eigenvalue weighted by atomic mass is 10.5. The Balaban J connectivity index is 0.000000252. The van der Waals surface area contributed by atoms with Crippen molar-refractivity contribution in [3.05, 3.63) is 24.2 Å². The summed E-state index contributed by atoms with van der Waals surface area (Å²) in [6.07, 6.45) is 1.32. The van der Waals surface area contributed by atoms with Gasteiger partial charge in [-0.25, -0.2) is 4.79 Å². The molecule has 0 unspecified atom stereocenters. The molecule has 13 heavy (non-hydrogen) atoms. The topological polar surface area (TPSA) is 114 Å². The maximum Gasteiger partial charge on any atom is 0.371 e. The number of aliphatic carboxylic acids is 1. The summed E-state index contributed by atoms with van der Waals surface area (Å²) in [5.74, 6) is -2.02. The zero-order chi connectivity index (χ0) is 10.3. The lowest BCUT2D eigenvalue weighted by Crippen LogP contribution is -2.10. The van der Waals surface area contributed by atoms with E-state index in [1.807, 2.05) is 0 Å². The van der Waals surface area contributed by atoms with E-state index in [-0.39, 0.29) is 12.3 Å². The molecular formula is C7H9NO5. The van der Waals surface area contributed by atoms with Crippen LogP contribution in [0.25, 0.3) is 0 Å². The molecule has 0 aliphatic rings. The zero-order valence-electron chi connectivity index (χ0n) is 6.64. The summed E-state index contributed by atoms with van der Waals surface area (Å²) in [6, 6.07) is 2.92. The molecule has 0 saturated carbocycles. The molecule has 1 rings (SSSR count). The van der Waals surface area contributed by atoms with Crippen LogP contribution in [0.3, 0.4) is 0 Å². The van der Waals surface area contributed by atoms with Crippen molar-refractivity contribution >= 4 is 11.9 Å². The first-order valence-electron chi connectivity index (χ1n) is 3.26. The third-order valence-corrected chi connectivity index (χ3v) is 0.907. The van der Waals surface area contributed by atoms with Crippen LogP contribution in [0.2, 0.25) is 0 Å². The molecule has 1 heterocycles. The molecule has 1 aromatic rings. The second kappa shape index (κ2) is 5.78. The largest absolute Gasteiger partial charge is 0.480 e. The van der Waals surface area contributed by atoms with E-state index in [0.29, 0.717) is 0 Å². The Bertz CT molecular complexity index is 266. The molecule has 0 radical (unpaired) electrons. The van der Waals surface area contributed by atoms with Crippen LogP contribution in [0.5, 0.6) is 0 Å². The summed E-state index contributed by atoms with van der Waals surface area (Å²) in [5.41, 5.74) is 4.57. The number of carboxylic acids is 2. The van der Waals surface area contributed by atoms with Gasteiger partial charge in [0.15, 0.2) is 0 Å². The quantitative estimate of drug-likeness (QED) is 0.600. The second-order valence-corrected chi connectivity index (χ2v) is 1.88. The summed E-state index contributed by atoms with van der Waals surface area (Å²) >= 11 is 0. The molecule has 0 aliphatic heterocycles. The molecule has 0 atom stereocenters. The molecule has 0 aromatic carbocycles. The van der Waals surface area contributed by atoms with Gasteiger partial charge >= 0.3 is 11.9 Å². The fourth-order valence-electron chi connectivity index (χ4n) is 0.400. The smallest absolute Gasteiger partial charge is 0.371 e. The predicted molar refractivity (Wildman–Crippen MR) is 42.4 cm³/mol. The van der Waals surface area contributed by atoms with Crippen LogP contribution in [0.4, 0.5) is 0 Å². The van der Waals surface area contributed by atoms with Crippen molar-refractivity contribution in [2.24, 2.45) is 5.73 Å². The van der Waals surface area contributed by atoms with E-state index in [9.17, 15) is 9.59 Å². The van der Waals surface area contributed by atoms with Crippen LogP contribution < -0.4 is 5.73 Å². The van der Waals surface area contributed by atoms with Gasteiger partial charge in [-0.3, -0.25) is 4.79 Å². The van der Waals surface area contributed by atoms with Gasteiger partial charge in [0, 0.05) is 0 Å². The monoisotopic (exact) mass is 187 g/mol. The number of aromatic carboxylic acids is 1. The fraction of sp³-hybridized carbons (Fsp3) is 0.143. The summed E-state index contributed by atoms with van der Waals surface area (Å²) in [4.78, 5) is 19.2. The number of nitrogens with two attached hydrogens (primary N) is 1. The predicted octanol–water partition coefficient (Wildman–Crippen LogP) is 0.00750. The van der Waals surface area contributed by atoms with Crippen molar-refractivity contribution in [3.8, 4) is 0 Å². The number of carboxylic acid groups (broad SMARTS) is 2. The summed E-state index contributed by atoms with van der Waals surface area (Å²) in [7, 11) is 0. The van der Waals surface area contributed by atoms with Gasteiger partial charge in [-0.05, 0) is 12.1 Å². The number of hydrogen-bond acceptors (Lipinski definition) is 4. The SMILES string of the molecule is NCC(=O)O.O=C(O)c1ccco1. The van der Waals surface area contributed by atoms with Gasteiger partial charge in [-0.2, -0.15) is 0 Å². The highest BCUT2D eigenvalue weighted by Crippen LogP contribution is 1.97. The van der Waals surface area contributed by atoms with Crippen LogP contribution in [-0.2, 0) is 4.79 Å². The molecule has 6 nitrogen and oxygen atoms in total. The van der Waals surface area contributed by atoms with E-state index in [2.05, 4.69) is 10.2 Å². The van der Waals surface area contributed by atoms with Gasteiger partial charge in [-0.15, -0.1) is 0 Å². The number of carbonyl (C=O) groups is 2. The minimum Gasteiger partial charge on any atom is -0.480 e. The average molecular weight is 187 g/mol. The highest BCUT2D eigenvalue weighted by atomic mass is 16.4. The van der Waals surface area contributed by atoms with E-state index >= 15 is 0 Å². The molecule has 0 bridgehead atoms. The normalized spacial score (nSPS) is 8.38. The summed E-state index contributed by atoms with van der Waals surface area (Å²) in [5, 5.41) is 15.8. The van der Waals surface area contributed by atoms with E-state index in [1.165, 1.54) is 18.4 Å². The van der Waals surface area contributed by atoms with Crippen molar-refractivity contribution < 1.29 is 24.2 Å². The minimum atomic E-state index is -1.03. The van der Waals surface area contributed by atoms with Gasteiger partial charge < -0.3 is 20.4 Å². The Hall–Kier alpha value is -1.82. The maximum absolute atomic E-state index is 9.97. The Kier molecular flexibility index (Phi) is 4.97. The highest BCUT2D eigenvalue weighted by Gasteiger charge is 2.01. The zero-order valence-corrected chi connectivity index (χ0v) is 6.64. The van der Waals surface area contributed by atoms with Crippen molar-refractivity contribution in [1.29, 1.82) is 0 Å². The Labute approximate surface area is 73.6 Å². The molecule has 0 fully saturated rings. The lowest BCUT2D eigenvalue weighted by Gasteiger charge is -1.79. The molecule has 6 heteroatoms. The van der Waals surface area contributed by atoms with E-state index in [4.69, 9.17) is 10.2 Å².